The Hall–Kier alpha value is -2.50. The highest BCUT2D eigenvalue weighted by molar-refractivity contribution is 6.39. The molecular formula is C16H20N2O4. The molecule has 0 aliphatic carbocycles. The van der Waals surface area contributed by atoms with Gasteiger partial charge in [0, 0.05) is 11.0 Å². The number of hydrogen-bond acceptors (Lipinski definition) is 4. The van der Waals surface area contributed by atoms with Gasteiger partial charge in [0.15, 0.2) is 5.71 Å². The lowest BCUT2D eigenvalue weighted by atomic mass is 9.88. The van der Waals surface area contributed by atoms with E-state index in [9.17, 15) is 14.4 Å². The molecule has 0 aliphatic heterocycles. The molecular weight excluding hydrogens is 284 g/mol. The van der Waals surface area contributed by atoms with Crippen LogP contribution in [0.2, 0.25) is 0 Å². The number of nitrogens with zero attached hydrogens (tertiary/aromatic N) is 1. The Kier molecular flexibility index (Phi) is 5.56. The number of carbonyl (C=O) groups excluding carboxylic acids is 2. The SMILES string of the molecule is Cc1ccc(C(=O)NN=C(CC(=O)C(C)(C)C)C(=O)O)cc1. The minimum atomic E-state index is -1.33. The zero-order chi connectivity index (χ0) is 16.9. The van der Waals surface area contributed by atoms with E-state index in [2.05, 4.69) is 10.5 Å². The molecule has 0 spiro atoms. The van der Waals surface area contributed by atoms with Gasteiger partial charge in [0.1, 0.15) is 5.78 Å². The molecule has 1 amide bonds. The lowest BCUT2D eigenvalue weighted by Crippen LogP contribution is -2.29. The summed E-state index contributed by atoms with van der Waals surface area (Å²) in [5, 5.41) is 12.6. The molecule has 1 aromatic carbocycles. The Morgan fingerprint density at radius 3 is 2.14 bits per heavy atom. The first kappa shape index (κ1) is 17.6. The Bertz CT molecular complexity index is 610. The predicted octanol–water partition coefficient (Wildman–Crippen LogP) is 2.17. The molecule has 1 rings (SSSR count). The molecule has 0 saturated carbocycles. The molecule has 0 fully saturated rings. The number of carbonyl (C=O) groups is 3. The van der Waals surface area contributed by atoms with E-state index in [1.807, 2.05) is 6.92 Å². The van der Waals surface area contributed by atoms with E-state index in [4.69, 9.17) is 5.11 Å². The second-order valence-corrected chi connectivity index (χ2v) is 6.02. The van der Waals surface area contributed by atoms with Crippen molar-refractivity contribution < 1.29 is 19.5 Å². The van der Waals surface area contributed by atoms with E-state index in [0.29, 0.717) is 5.56 Å². The van der Waals surface area contributed by atoms with Gasteiger partial charge in [-0.3, -0.25) is 9.59 Å². The van der Waals surface area contributed by atoms with Gasteiger partial charge < -0.3 is 5.11 Å². The van der Waals surface area contributed by atoms with Gasteiger partial charge in [-0.1, -0.05) is 38.5 Å². The highest BCUT2D eigenvalue weighted by Crippen LogP contribution is 2.17. The maximum Gasteiger partial charge on any atom is 0.352 e. The number of Topliss-reactive ketones (excluding diaryl/α,β-unsaturated/α-hetero) is 1. The number of nitrogens with one attached hydrogen (secondary N) is 1. The zero-order valence-corrected chi connectivity index (χ0v) is 13.1. The van der Waals surface area contributed by atoms with Crippen molar-refractivity contribution in [3.8, 4) is 0 Å². The maximum absolute atomic E-state index is 11.9. The van der Waals surface area contributed by atoms with Crippen molar-refractivity contribution in [1.82, 2.24) is 5.43 Å². The summed E-state index contributed by atoms with van der Waals surface area (Å²) in [5.41, 5.74) is 2.48. The Morgan fingerprint density at radius 1 is 1.14 bits per heavy atom. The number of aliphatic carboxylic acids is 1. The van der Waals surface area contributed by atoms with E-state index >= 15 is 0 Å². The summed E-state index contributed by atoms with van der Waals surface area (Å²) in [6, 6.07) is 6.75. The number of carboxylic acid groups (broad SMARTS) is 1. The highest BCUT2D eigenvalue weighted by Gasteiger charge is 2.25. The van der Waals surface area contributed by atoms with E-state index < -0.39 is 17.3 Å². The first-order chi connectivity index (χ1) is 10.1. The van der Waals surface area contributed by atoms with Gasteiger partial charge in [0.2, 0.25) is 0 Å². The minimum Gasteiger partial charge on any atom is -0.477 e. The molecule has 0 unspecified atom stereocenters. The molecule has 1 aromatic rings. The van der Waals surface area contributed by atoms with Gasteiger partial charge in [-0.2, -0.15) is 5.10 Å². The first-order valence-corrected chi connectivity index (χ1v) is 6.81. The zero-order valence-electron chi connectivity index (χ0n) is 13.1. The quantitative estimate of drug-likeness (QED) is 0.643. The third-order valence-corrected chi connectivity index (χ3v) is 3.02. The largest absolute Gasteiger partial charge is 0.477 e. The summed E-state index contributed by atoms with van der Waals surface area (Å²) in [6.07, 6.45) is -0.340. The van der Waals surface area contributed by atoms with E-state index in [0.717, 1.165) is 5.56 Å². The van der Waals surface area contributed by atoms with Crippen LogP contribution in [0.5, 0.6) is 0 Å². The van der Waals surface area contributed by atoms with Crippen molar-refractivity contribution in [3.63, 3.8) is 0 Å². The number of aryl methyl sites for hydroxylation is 1. The molecule has 0 aliphatic rings. The Morgan fingerprint density at radius 2 is 1.68 bits per heavy atom. The van der Waals surface area contributed by atoms with Crippen LogP contribution in [0.4, 0.5) is 0 Å². The van der Waals surface area contributed by atoms with Gasteiger partial charge >= 0.3 is 5.97 Å². The van der Waals surface area contributed by atoms with E-state index in [1.54, 1.807) is 45.0 Å². The van der Waals surface area contributed by atoms with Crippen LogP contribution in [0.3, 0.4) is 0 Å². The summed E-state index contributed by atoms with van der Waals surface area (Å²) in [7, 11) is 0. The summed E-state index contributed by atoms with van der Waals surface area (Å²) < 4.78 is 0. The van der Waals surface area contributed by atoms with Crippen molar-refractivity contribution in [2.45, 2.75) is 34.1 Å². The van der Waals surface area contributed by atoms with Gasteiger partial charge in [-0.15, -0.1) is 0 Å². The van der Waals surface area contributed by atoms with Crippen LogP contribution in [0.15, 0.2) is 29.4 Å². The van der Waals surface area contributed by atoms with Crippen LogP contribution in [-0.4, -0.2) is 28.5 Å². The molecule has 6 heteroatoms. The average molecular weight is 304 g/mol. The van der Waals surface area contributed by atoms with E-state index in [-0.39, 0.29) is 17.9 Å². The van der Waals surface area contributed by atoms with Crippen molar-refractivity contribution in [2.24, 2.45) is 10.5 Å². The lowest BCUT2D eigenvalue weighted by Gasteiger charge is -2.15. The molecule has 0 bridgehead atoms. The lowest BCUT2D eigenvalue weighted by molar-refractivity contribution is -0.131. The molecule has 0 heterocycles. The second-order valence-electron chi connectivity index (χ2n) is 6.02. The predicted molar refractivity (Wildman–Crippen MR) is 82.8 cm³/mol. The summed E-state index contributed by atoms with van der Waals surface area (Å²) in [6.45, 7) is 6.97. The number of ketones is 1. The number of carboxylic acids is 1. The molecule has 0 atom stereocenters. The van der Waals surface area contributed by atoms with Crippen molar-refractivity contribution in [1.29, 1.82) is 0 Å². The molecule has 0 saturated heterocycles. The van der Waals surface area contributed by atoms with Crippen LogP contribution >= 0.6 is 0 Å². The molecule has 2 N–H and O–H groups in total. The first-order valence-electron chi connectivity index (χ1n) is 6.81. The van der Waals surface area contributed by atoms with Crippen LogP contribution in [0.1, 0.15) is 43.1 Å². The monoisotopic (exact) mass is 304 g/mol. The fourth-order valence-electron chi connectivity index (χ4n) is 1.47. The van der Waals surface area contributed by atoms with Crippen LogP contribution in [0.25, 0.3) is 0 Å². The Balaban J connectivity index is 2.82. The number of amides is 1. The minimum absolute atomic E-state index is 0.266. The van der Waals surface area contributed by atoms with E-state index in [1.165, 1.54) is 0 Å². The fraction of sp³-hybridized carbons (Fsp3) is 0.375. The fourth-order valence-corrected chi connectivity index (χ4v) is 1.47. The number of hydrogen-bond donors (Lipinski definition) is 2. The van der Waals surface area contributed by atoms with Gasteiger partial charge in [0.05, 0.1) is 6.42 Å². The van der Waals surface area contributed by atoms with Crippen molar-refractivity contribution in [3.05, 3.63) is 35.4 Å². The van der Waals surface area contributed by atoms with Crippen molar-refractivity contribution in [2.75, 3.05) is 0 Å². The highest BCUT2D eigenvalue weighted by atomic mass is 16.4. The average Bonchev–Trinajstić information content (AvgIpc) is 2.42. The van der Waals surface area contributed by atoms with Gasteiger partial charge in [-0.05, 0) is 19.1 Å². The topological polar surface area (TPSA) is 95.8 Å². The molecule has 6 nitrogen and oxygen atoms in total. The molecule has 0 aromatic heterocycles. The van der Waals surface area contributed by atoms with Crippen LogP contribution in [0, 0.1) is 12.3 Å². The second kappa shape index (κ2) is 6.98. The standard InChI is InChI=1S/C16H20N2O4/c1-10-5-7-11(8-6-10)14(20)18-17-12(15(21)22)9-13(19)16(2,3)4/h5-8H,9H2,1-4H3,(H,18,20)(H,21,22). The van der Waals surface area contributed by atoms with Crippen LogP contribution in [-0.2, 0) is 9.59 Å². The molecule has 0 radical (unpaired) electrons. The third-order valence-electron chi connectivity index (χ3n) is 3.02. The maximum atomic E-state index is 11.9. The smallest absolute Gasteiger partial charge is 0.352 e. The summed E-state index contributed by atoms with van der Waals surface area (Å²) in [4.78, 5) is 34.9. The normalized spacial score (nSPS) is 11.9. The molecule has 22 heavy (non-hydrogen) atoms. The number of hydrazone groups is 1. The number of rotatable bonds is 5. The van der Waals surface area contributed by atoms with Crippen LogP contribution < -0.4 is 5.43 Å². The van der Waals surface area contributed by atoms with Gasteiger partial charge in [0.25, 0.3) is 5.91 Å². The van der Waals surface area contributed by atoms with Gasteiger partial charge in [-0.25, -0.2) is 10.2 Å². The number of benzene rings is 1. The molecule has 118 valence electrons. The summed E-state index contributed by atoms with van der Waals surface area (Å²) >= 11 is 0. The van der Waals surface area contributed by atoms with Crippen molar-refractivity contribution >= 4 is 23.4 Å². The third kappa shape index (κ3) is 5.12. The Labute approximate surface area is 129 Å². The summed E-state index contributed by atoms with van der Waals surface area (Å²) in [5.74, 6) is -2.12.